The molecule has 2 aromatic carbocycles. The van der Waals surface area contributed by atoms with Gasteiger partial charge in [-0.05, 0) is 75.8 Å². The van der Waals surface area contributed by atoms with Gasteiger partial charge in [0.15, 0.2) is 5.69 Å². The maximum absolute atomic E-state index is 13.7. The van der Waals surface area contributed by atoms with E-state index in [0.717, 1.165) is 33.8 Å². The van der Waals surface area contributed by atoms with Gasteiger partial charge in [0.25, 0.3) is 5.91 Å². The average molecular weight is 437 g/mol. The van der Waals surface area contributed by atoms with Crippen LogP contribution in [0.4, 0.5) is 5.69 Å². The van der Waals surface area contributed by atoms with Crippen LogP contribution >= 0.6 is 11.5 Å². The van der Waals surface area contributed by atoms with Crippen LogP contribution < -0.4 is 10.2 Å². The maximum atomic E-state index is 13.7. The number of rotatable bonds is 5. The minimum Gasteiger partial charge on any atom is -0.349 e. The first-order valence-electron chi connectivity index (χ1n) is 10.1. The van der Waals surface area contributed by atoms with Crippen LogP contribution in [-0.4, -0.2) is 26.9 Å². The number of aryl methyl sites for hydroxylation is 3. The van der Waals surface area contributed by atoms with E-state index in [2.05, 4.69) is 14.9 Å². The van der Waals surface area contributed by atoms with E-state index in [1.807, 2.05) is 84.0 Å². The fourth-order valence-corrected chi connectivity index (χ4v) is 3.76. The fourth-order valence-electron chi connectivity index (χ4n) is 3.33. The van der Waals surface area contributed by atoms with E-state index in [-0.39, 0.29) is 17.5 Å². The summed E-state index contributed by atoms with van der Waals surface area (Å²) < 4.78 is 3.85. The van der Waals surface area contributed by atoms with Crippen LogP contribution in [-0.2, 0) is 4.79 Å². The van der Waals surface area contributed by atoms with Gasteiger partial charge in [-0.1, -0.05) is 46.4 Å². The minimum absolute atomic E-state index is 0.214. The number of carbonyl (C=O) groups is 2. The third-order valence-electron chi connectivity index (χ3n) is 4.82. The second-order valence-corrected chi connectivity index (χ2v) is 9.42. The molecule has 0 spiro atoms. The Balaban J connectivity index is 2.23. The second-order valence-electron chi connectivity index (χ2n) is 8.81. The van der Waals surface area contributed by atoms with Crippen molar-refractivity contribution in [2.45, 2.75) is 53.1 Å². The largest absolute Gasteiger partial charge is 0.349 e. The van der Waals surface area contributed by atoms with Crippen LogP contribution in [0.2, 0.25) is 0 Å². The monoisotopic (exact) mass is 436 g/mol. The number of hydrogen-bond acceptors (Lipinski definition) is 5. The lowest BCUT2D eigenvalue weighted by Gasteiger charge is -2.34. The zero-order valence-electron chi connectivity index (χ0n) is 18.8. The minimum atomic E-state index is -0.866. The standard InChI is InChI=1S/C24H28N4O2S/c1-15-8-11-18(12-9-15)21(22(29)25-24(4,5)6)28(23(30)19-14-31-27-26-19)20-13-16(2)7-10-17(20)3/h7-14,21H,1-6H3,(H,25,29)/t21-/m1/s1. The molecule has 0 aliphatic heterocycles. The van der Waals surface area contributed by atoms with Crippen molar-refractivity contribution >= 4 is 29.0 Å². The summed E-state index contributed by atoms with van der Waals surface area (Å²) in [6, 6.07) is 12.7. The van der Waals surface area contributed by atoms with Gasteiger partial charge in [0.1, 0.15) is 6.04 Å². The molecule has 162 valence electrons. The molecule has 0 bridgehead atoms. The number of benzene rings is 2. The maximum Gasteiger partial charge on any atom is 0.280 e. The number of nitrogens with one attached hydrogen (secondary N) is 1. The predicted octanol–water partition coefficient (Wildman–Crippen LogP) is 4.77. The Bertz CT molecular complexity index is 1070. The van der Waals surface area contributed by atoms with Crippen molar-refractivity contribution in [3.8, 4) is 0 Å². The lowest BCUT2D eigenvalue weighted by Crippen LogP contribution is -2.49. The molecule has 0 saturated heterocycles. The topological polar surface area (TPSA) is 75.2 Å². The molecule has 1 aromatic heterocycles. The highest BCUT2D eigenvalue weighted by molar-refractivity contribution is 7.03. The number of carbonyl (C=O) groups excluding carboxylic acids is 2. The van der Waals surface area contributed by atoms with Crippen molar-refractivity contribution in [3.05, 3.63) is 75.8 Å². The zero-order valence-corrected chi connectivity index (χ0v) is 19.6. The molecule has 7 heteroatoms. The molecule has 1 N–H and O–H groups in total. The second kappa shape index (κ2) is 8.98. The molecule has 1 atom stereocenters. The number of aromatic nitrogens is 2. The number of anilines is 1. The first-order chi connectivity index (χ1) is 14.6. The van der Waals surface area contributed by atoms with Gasteiger partial charge in [-0.25, -0.2) is 0 Å². The van der Waals surface area contributed by atoms with Gasteiger partial charge in [-0.15, -0.1) is 5.10 Å². The van der Waals surface area contributed by atoms with Crippen LogP contribution in [0, 0.1) is 20.8 Å². The first-order valence-corrected chi connectivity index (χ1v) is 11.0. The van der Waals surface area contributed by atoms with Crippen molar-refractivity contribution in [1.82, 2.24) is 14.9 Å². The molecule has 6 nitrogen and oxygen atoms in total. The zero-order chi connectivity index (χ0) is 22.8. The van der Waals surface area contributed by atoms with E-state index < -0.39 is 11.6 Å². The third kappa shape index (κ3) is 5.35. The van der Waals surface area contributed by atoms with Crippen molar-refractivity contribution in [2.24, 2.45) is 0 Å². The quantitative estimate of drug-likeness (QED) is 0.625. The molecule has 0 unspecified atom stereocenters. The molecular weight excluding hydrogens is 408 g/mol. The van der Waals surface area contributed by atoms with Crippen LogP contribution in [0.1, 0.15) is 59.6 Å². The molecule has 0 aliphatic rings. The molecule has 31 heavy (non-hydrogen) atoms. The molecule has 0 radical (unpaired) electrons. The summed E-state index contributed by atoms with van der Waals surface area (Å²) in [5.41, 5.74) is 4.12. The van der Waals surface area contributed by atoms with Gasteiger partial charge in [-0.3, -0.25) is 14.5 Å². The molecule has 0 fully saturated rings. The van der Waals surface area contributed by atoms with E-state index in [1.165, 1.54) is 0 Å². The van der Waals surface area contributed by atoms with Gasteiger partial charge < -0.3 is 5.32 Å². The van der Waals surface area contributed by atoms with Crippen molar-refractivity contribution in [2.75, 3.05) is 4.90 Å². The lowest BCUT2D eigenvalue weighted by molar-refractivity contribution is -0.123. The van der Waals surface area contributed by atoms with Crippen molar-refractivity contribution < 1.29 is 9.59 Å². The van der Waals surface area contributed by atoms with Crippen LogP contribution in [0.3, 0.4) is 0 Å². The molecular formula is C24H28N4O2S. The highest BCUT2D eigenvalue weighted by Crippen LogP contribution is 2.33. The summed E-state index contributed by atoms with van der Waals surface area (Å²) in [7, 11) is 0. The Morgan fingerprint density at radius 1 is 1.00 bits per heavy atom. The molecule has 1 heterocycles. The molecule has 3 aromatic rings. The summed E-state index contributed by atoms with van der Waals surface area (Å²) in [5, 5.41) is 8.64. The first kappa shape index (κ1) is 22.6. The van der Waals surface area contributed by atoms with E-state index in [9.17, 15) is 9.59 Å². The third-order valence-corrected chi connectivity index (χ3v) is 5.32. The van der Waals surface area contributed by atoms with Gasteiger partial charge in [-0.2, -0.15) is 0 Å². The highest BCUT2D eigenvalue weighted by Gasteiger charge is 2.36. The summed E-state index contributed by atoms with van der Waals surface area (Å²) in [4.78, 5) is 28.8. The van der Waals surface area contributed by atoms with E-state index in [4.69, 9.17) is 0 Å². The van der Waals surface area contributed by atoms with Gasteiger partial charge >= 0.3 is 0 Å². The smallest absolute Gasteiger partial charge is 0.280 e. The molecule has 0 saturated carbocycles. The summed E-state index contributed by atoms with van der Waals surface area (Å²) in [6.07, 6.45) is 0. The Morgan fingerprint density at radius 2 is 1.65 bits per heavy atom. The average Bonchev–Trinajstić information content (AvgIpc) is 3.22. The predicted molar refractivity (Wildman–Crippen MR) is 124 cm³/mol. The molecule has 0 aliphatic carbocycles. The summed E-state index contributed by atoms with van der Waals surface area (Å²) >= 11 is 1.11. The normalized spacial score (nSPS) is 12.3. The highest BCUT2D eigenvalue weighted by atomic mass is 32.1. The number of nitrogens with zero attached hydrogens (tertiary/aromatic N) is 3. The Hall–Kier alpha value is -3.06. The van der Waals surface area contributed by atoms with E-state index in [0.29, 0.717) is 5.69 Å². The van der Waals surface area contributed by atoms with Crippen molar-refractivity contribution in [3.63, 3.8) is 0 Å². The Morgan fingerprint density at radius 3 is 2.23 bits per heavy atom. The fraction of sp³-hybridized carbons (Fsp3) is 0.333. The summed E-state index contributed by atoms with van der Waals surface area (Å²) in [5.74, 6) is -0.620. The van der Waals surface area contributed by atoms with Crippen LogP contribution in [0.15, 0.2) is 47.8 Å². The Labute approximate surface area is 187 Å². The van der Waals surface area contributed by atoms with Gasteiger partial charge in [0, 0.05) is 16.6 Å². The SMILES string of the molecule is Cc1ccc([C@H](C(=O)NC(C)(C)C)N(C(=O)c2csnn2)c2cc(C)ccc2C)cc1. The molecule has 2 amide bonds. The van der Waals surface area contributed by atoms with Crippen LogP contribution in [0.5, 0.6) is 0 Å². The van der Waals surface area contributed by atoms with E-state index >= 15 is 0 Å². The van der Waals surface area contributed by atoms with Gasteiger partial charge in [0.2, 0.25) is 5.91 Å². The van der Waals surface area contributed by atoms with Crippen molar-refractivity contribution in [1.29, 1.82) is 0 Å². The Kier molecular flexibility index (Phi) is 6.55. The lowest BCUT2D eigenvalue weighted by atomic mass is 9.98. The number of hydrogen-bond donors (Lipinski definition) is 1. The van der Waals surface area contributed by atoms with Crippen LogP contribution in [0.25, 0.3) is 0 Å². The van der Waals surface area contributed by atoms with Gasteiger partial charge in [0.05, 0.1) is 0 Å². The van der Waals surface area contributed by atoms with E-state index in [1.54, 1.807) is 10.3 Å². The summed E-state index contributed by atoms with van der Waals surface area (Å²) in [6.45, 7) is 11.7. The number of amides is 2. The molecule has 3 rings (SSSR count).